The van der Waals surface area contributed by atoms with Crippen LogP contribution in [-0.2, 0) is 6.54 Å². The van der Waals surface area contributed by atoms with Gasteiger partial charge in [-0.15, -0.1) is 11.3 Å². The van der Waals surface area contributed by atoms with E-state index in [0.717, 1.165) is 18.5 Å². The third-order valence-electron chi connectivity index (χ3n) is 5.21. The lowest BCUT2D eigenvalue weighted by atomic mass is 9.82. The van der Waals surface area contributed by atoms with E-state index in [1.807, 2.05) is 5.51 Å². The molecule has 1 aromatic rings. The number of piperazine rings is 1. The van der Waals surface area contributed by atoms with Gasteiger partial charge in [0.2, 0.25) is 0 Å². The van der Waals surface area contributed by atoms with Gasteiger partial charge in [0.05, 0.1) is 5.51 Å². The van der Waals surface area contributed by atoms with Crippen molar-refractivity contribution >= 4 is 11.3 Å². The molecule has 1 aromatic heterocycles. The van der Waals surface area contributed by atoms with Gasteiger partial charge in [0.25, 0.3) is 0 Å². The number of thiazole rings is 1. The lowest BCUT2D eigenvalue weighted by Gasteiger charge is -2.45. The molecule has 4 heteroatoms. The Bertz CT molecular complexity index is 400. The Balaban J connectivity index is 1.67. The molecule has 1 saturated carbocycles. The van der Waals surface area contributed by atoms with Crippen molar-refractivity contribution in [2.24, 2.45) is 5.92 Å². The summed E-state index contributed by atoms with van der Waals surface area (Å²) < 4.78 is 0. The van der Waals surface area contributed by atoms with Crippen molar-refractivity contribution in [2.75, 3.05) is 13.1 Å². The van der Waals surface area contributed by atoms with Gasteiger partial charge in [0.1, 0.15) is 0 Å². The summed E-state index contributed by atoms with van der Waals surface area (Å²) in [4.78, 5) is 8.45. The Morgan fingerprint density at radius 1 is 1.33 bits per heavy atom. The van der Waals surface area contributed by atoms with Gasteiger partial charge in [0, 0.05) is 42.8 Å². The average Bonchev–Trinajstić information content (AvgIpc) is 3.02. The van der Waals surface area contributed by atoms with Crippen molar-refractivity contribution in [2.45, 2.75) is 70.5 Å². The zero-order valence-electron chi connectivity index (χ0n) is 13.3. The first-order valence-electron chi connectivity index (χ1n) is 8.71. The number of nitrogens with one attached hydrogen (secondary N) is 1. The predicted molar refractivity (Wildman–Crippen MR) is 89.6 cm³/mol. The molecule has 2 fully saturated rings. The summed E-state index contributed by atoms with van der Waals surface area (Å²) in [6.45, 7) is 5.80. The topological polar surface area (TPSA) is 28.2 Å². The molecule has 1 aliphatic heterocycles. The number of aromatic nitrogens is 1. The van der Waals surface area contributed by atoms with Gasteiger partial charge in [-0.25, -0.2) is 0 Å². The molecule has 3 nitrogen and oxygen atoms in total. The third kappa shape index (κ3) is 4.05. The summed E-state index contributed by atoms with van der Waals surface area (Å²) in [6.07, 6.45) is 11.8. The fraction of sp³-hybridized carbons (Fsp3) is 0.824. The molecule has 1 N–H and O–H groups in total. The van der Waals surface area contributed by atoms with Gasteiger partial charge in [0.15, 0.2) is 0 Å². The zero-order chi connectivity index (χ0) is 14.5. The number of rotatable bonds is 5. The van der Waals surface area contributed by atoms with Crippen molar-refractivity contribution < 1.29 is 0 Å². The molecule has 118 valence electrons. The third-order valence-corrected chi connectivity index (χ3v) is 5.98. The summed E-state index contributed by atoms with van der Waals surface area (Å²) in [7, 11) is 0. The molecule has 0 amide bonds. The summed E-state index contributed by atoms with van der Waals surface area (Å²) in [5.41, 5.74) is 1.97. The quantitative estimate of drug-likeness (QED) is 0.899. The second-order valence-corrected chi connectivity index (χ2v) is 7.73. The SMILES string of the molecule is CCCC1CN(Cc2cncs2)C(C2CCCCC2)CN1. The van der Waals surface area contributed by atoms with E-state index in [0.29, 0.717) is 6.04 Å². The van der Waals surface area contributed by atoms with E-state index in [2.05, 4.69) is 28.3 Å². The van der Waals surface area contributed by atoms with Crippen LogP contribution in [0.4, 0.5) is 0 Å². The summed E-state index contributed by atoms with van der Waals surface area (Å²) in [6, 6.07) is 1.42. The van der Waals surface area contributed by atoms with Crippen LogP contribution in [0.5, 0.6) is 0 Å². The Hall–Kier alpha value is -0.450. The van der Waals surface area contributed by atoms with Crippen molar-refractivity contribution in [3.05, 3.63) is 16.6 Å². The second kappa shape index (κ2) is 7.70. The summed E-state index contributed by atoms with van der Waals surface area (Å²) in [5.74, 6) is 0.904. The highest BCUT2D eigenvalue weighted by molar-refractivity contribution is 7.09. The maximum atomic E-state index is 4.26. The minimum atomic E-state index is 0.683. The van der Waals surface area contributed by atoms with Gasteiger partial charge < -0.3 is 5.32 Å². The van der Waals surface area contributed by atoms with Crippen LogP contribution in [0.3, 0.4) is 0 Å². The van der Waals surface area contributed by atoms with Crippen LogP contribution in [-0.4, -0.2) is 35.1 Å². The Morgan fingerprint density at radius 2 is 2.19 bits per heavy atom. The molecule has 2 aliphatic rings. The second-order valence-electron chi connectivity index (χ2n) is 6.76. The van der Waals surface area contributed by atoms with E-state index < -0.39 is 0 Å². The first-order chi connectivity index (χ1) is 10.4. The highest BCUT2D eigenvalue weighted by Crippen LogP contribution is 2.31. The summed E-state index contributed by atoms with van der Waals surface area (Å²) in [5, 5.41) is 3.82. The van der Waals surface area contributed by atoms with Crippen LogP contribution in [0.2, 0.25) is 0 Å². The highest BCUT2D eigenvalue weighted by Gasteiger charge is 2.33. The molecular weight excluding hydrogens is 278 g/mol. The van der Waals surface area contributed by atoms with E-state index in [-0.39, 0.29) is 0 Å². The van der Waals surface area contributed by atoms with E-state index in [1.165, 1.54) is 62.9 Å². The average molecular weight is 308 g/mol. The molecular formula is C17H29N3S. The van der Waals surface area contributed by atoms with Gasteiger partial charge in [-0.2, -0.15) is 0 Å². The van der Waals surface area contributed by atoms with Gasteiger partial charge in [-0.3, -0.25) is 9.88 Å². The van der Waals surface area contributed by atoms with Crippen molar-refractivity contribution in [3.63, 3.8) is 0 Å². The Labute approximate surface area is 133 Å². The molecule has 2 atom stereocenters. The lowest BCUT2D eigenvalue weighted by Crippen LogP contribution is -2.58. The van der Waals surface area contributed by atoms with Crippen LogP contribution >= 0.6 is 11.3 Å². The molecule has 2 heterocycles. The van der Waals surface area contributed by atoms with Gasteiger partial charge in [-0.1, -0.05) is 32.6 Å². The standard InChI is InChI=1S/C17H29N3S/c1-2-6-15-11-20(12-16-9-18-13-21-16)17(10-19-15)14-7-4-3-5-8-14/h9,13-15,17,19H,2-8,10-12H2,1H3. The molecule has 0 radical (unpaired) electrons. The Kier molecular flexibility index (Phi) is 5.67. The maximum Gasteiger partial charge on any atom is 0.0794 e. The lowest BCUT2D eigenvalue weighted by molar-refractivity contribution is 0.0641. The first-order valence-corrected chi connectivity index (χ1v) is 9.59. The fourth-order valence-electron chi connectivity index (χ4n) is 4.13. The first kappa shape index (κ1) is 15.4. The zero-order valence-corrected chi connectivity index (χ0v) is 14.1. The molecule has 0 spiro atoms. The number of hydrogen-bond donors (Lipinski definition) is 1. The van der Waals surface area contributed by atoms with Crippen LogP contribution in [0, 0.1) is 5.92 Å². The number of hydrogen-bond acceptors (Lipinski definition) is 4. The summed E-state index contributed by atoms with van der Waals surface area (Å²) >= 11 is 1.81. The van der Waals surface area contributed by atoms with Crippen molar-refractivity contribution in [1.82, 2.24) is 15.2 Å². The van der Waals surface area contributed by atoms with Gasteiger partial charge in [-0.05, 0) is 25.2 Å². The molecule has 21 heavy (non-hydrogen) atoms. The largest absolute Gasteiger partial charge is 0.311 e. The molecule has 1 saturated heterocycles. The fourth-order valence-corrected chi connectivity index (χ4v) is 4.75. The highest BCUT2D eigenvalue weighted by atomic mass is 32.1. The molecule has 0 bridgehead atoms. The molecule has 0 aromatic carbocycles. The smallest absolute Gasteiger partial charge is 0.0794 e. The molecule has 2 unspecified atom stereocenters. The van der Waals surface area contributed by atoms with E-state index in [1.54, 1.807) is 11.3 Å². The minimum absolute atomic E-state index is 0.683. The van der Waals surface area contributed by atoms with Crippen LogP contribution in [0.25, 0.3) is 0 Å². The van der Waals surface area contributed by atoms with Crippen molar-refractivity contribution in [3.8, 4) is 0 Å². The van der Waals surface area contributed by atoms with Gasteiger partial charge >= 0.3 is 0 Å². The maximum absolute atomic E-state index is 4.26. The Morgan fingerprint density at radius 3 is 2.90 bits per heavy atom. The van der Waals surface area contributed by atoms with Crippen molar-refractivity contribution in [1.29, 1.82) is 0 Å². The van der Waals surface area contributed by atoms with Crippen LogP contribution in [0.15, 0.2) is 11.7 Å². The normalized spacial score (nSPS) is 28.8. The monoisotopic (exact) mass is 307 g/mol. The van der Waals surface area contributed by atoms with E-state index in [4.69, 9.17) is 0 Å². The number of nitrogens with zero attached hydrogens (tertiary/aromatic N) is 2. The molecule has 1 aliphatic carbocycles. The molecule has 3 rings (SSSR count). The van der Waals surface area contributed by atoms with Crippen LogP contribution < -0.4 is 5.32 Å². The van der Waals surface area contributed by atoms with Crippen LogP contribution in [0.1, 0.15) is 56.7 Å². The van der Waals surface area contributed by atoms with E-state index >= 15 is 0 Å². The minimum Gasteiger partial charge on any atom is -0.311 e. The van der Waals surface area contributed by atoms with E-state index in [9.17, 15) is 0 Å². The predicted octanol–water partition coefficient (Wildman–Crippen LogP) is 3.67.